The SMILES string of the molecule is OC1CSC(c2ccc3ccccc3n2)=N1. The Bertz CT molecular complexity index is 568. The average molecular weight is 230 g/mol. The molecule has 3 nitrogen and oxygen atoms in total. The lowest BCUT2D eigenvalue weighted by atomic mass is 10.2. The number of hydrogen-bond acceptors (Lipinski definition) is 4. The van der Waals surface area contributed by atoms with E-state index in [0.29, 0.717) is 5.75 Å². The fraction of sp³-hybridized carbons (Fsp3) is 0.167. The van der Waals surface area contributed by atoms with Gasteiger partial charge in [-0.3, -0.25) is 0 Å². The summed E-state index contributed by atoms with van der Waals surface area (Å²) >= 11 is 1.55. The molecular formula is C12H10N2OS. The molecule has 0 saturated carbocycles. The summed E-state index contributed by atoms with van der Waals surface area (Å²) < 4.78 is 0. The van der Waals surface area contributed by atoms with Crippen molar-refractivity contribution in [3.8, 4) is 0 Å². The topological polar surface area (TPSA) is 45.5 Å². The van der Waals surface area contributed by atoms with Gasteiger partial charge in [0.15, 0.2) is 6.23 Å². The molecule has 1 aromatic carbocycles. The molecule has 0 aliphatic carbocycles. The van der Waals surface area contributed by atoms with Crippen LogP contribution in [0.1, 0.15) is 5.69 Å². The van der Waals surface area contributed by atoms with Gasteiger partial charge in [0.2, 0.25) is 0 Å². The van der Waals surface area contributed by atoms with Crippen LogP contribution >= 0.6 is 11.8 Å². The predicted molar refractivity (Wildman–Crippen MR) is 66.7 cm³/mol. The zero-order chi connectivity index (χ0) is 11.0. The van der Waals surface area contributed by atoms with Gasteiger partial charge in [-0.05, 0) is 12.1 Å². The van der Waals surface area contributed by atoms with E-state index in [1.54, 1.807) is 11.8 Å². The third-order valence-corrected chi connectivity index (χ3v) is 3.51. The first-order valence-electron chi connectivity index (χ1n) is 5.08. The molecule has 0 fully saturated rings. The Hall–Kier alpha value is -1.39. The highest BCUT2D eigenvalue weighted by atomic mass is 32.2. The number of hydrogen-bond donors (Lipinski definition) is 1. The second kappa shape index (κ2) is 3.88. The molecule has 0 radical (unpaired) electrons. The summed E-state index contributed by atoms with van der Waals surface area (Å²) in [6.07, 6.45) is -0.576. The molecule has 1 N–H and O–H groups in total. The van der Waals surface area contributed by atoms with Gasteiger partial charge in [0.1, 0.15) is 5.04 Å². The van der Waals surface area contributed by atoms with Crippen LogP contribution in [0.25, 0.3) is 10.9 Å². The maximum absolute atomic E-state index is 9.34. The smallest absolute Gasteiger partial charge is 0.155 e. The van der Waals surface area contributed by atoms with Crippen LogP contribution in [-0.4, -0.2) is 27.1 Å². The van der Waals surface area contributed by atoms with E-state index in [4.69, 9.17) is 0 Å². The van der Waals surface area contributed by atoms with Gasteiger partial charge in [-0.25, -0.2) is 9.98 Å². The van der Waals surface area contributed by atoms with Crippen LogP contribution in [0.15, 0.2) is 41.4 Å². The van der Waals surface area contributed by atoms with Gasteiger partial charge in [0, 0.05) is 11.1 Å². The number of aliphatic hydroxyl groups is 1. The maximum atomic E-state index is 9.34. The van der Waals surface area contributed by atoms with E-state index in [2.05, 4.69) is 9.98 Å². The van der Waals surface area contributed by atoms with E-state index >= 15 is 0 Å². The van der Waals surface area contributed by atoms with E-state index in [-0.39, 0.29) is 0 Å². The molecule has 80 valence electrons. The molecule has 0 spiro atoms. The van der Waals surface area contributed by atoms with Gasteiger partial charge >= 0.3 is 0 Å². The quantitative estimate of drug-likeness (QED) is 0.815. The monoisotopic (exact) mass is 230 g/mol. The molecule has 1 atom stereocenters. The van der Waals surface area contributed by atoms with Gasteiger partial charge in [-0.2, -0.15) is 0 Å². The number of nitrogens with zero attached hydrogens (tertiary/aromatic N) is 2. The molecule has 4 heteroatoms. The number of pyridine rings is 1. The van der Waals surface area contributed by atoms with Crippen molar-refractivity contribution < 1.29 is 5.11 Å². The number of aromatic nitrogens is 1. The van der Waals surface area contributed by atoms with Gasteiger partial charge in [-0.15, -0.1) is 0 Å². The van der Waals surface area contributed by atoms with Crippen LogP contribution in [0.5, 0.6) is 0 Å². The number of aliphatic hydroxyl groups excluding tert-OH is 1. The van der Waals surface area contributed by atoms with Crippen molar-refractivity contribution >= 4 is 27.7 Å². The maximum Gasteiger partial charge on any atom is 0.155 e. The van der Waals surface area contributed by atoms with Crippen molar-refractivity contribution in [1.29, 1.82) is 0 Å². The minimum atomic E-state index is -0.576. The van der Waals surface area contributed by atoms with Crippen molar-refractivity contribution in [2.75, 3.05) is 5.75 Å². The Morgan fingerprint density at radius 1 is 1.19 bits per heavy atom. The lowest BCUT2D eigenvalue weighted by Gasteiger charge is -2.01. The summed E-state index contributed by atoms with van der Waals surface area (Å²) in [4.78, 5) is 8.67. The highest BCUT2D eigenvalue weighted by Gasteiger charge is 2.17. The number of benzene rings is 1. The third kappa shape index (κ3) is 1.70. The Morgan fingerprint density at radius 2 is 2.06 bits per heavy atom. The summed E-state index contributed by atoms with van der Waals surface area (Å²) in [6.45, 7) is 0. The molecule has 1 unspecified atom stereocenters. The minimum absolute atomic E-state index is 0.576. The standard InChI is InChI=1S/C12H10N2OS/c15-11-7-16-12(14-11)10-6-5-8-3-1-2-4-9(8)13-10/h1-6,11,15H,7H2. The van der Waals surface area contributed by atoms with Crippen LogP contribution in [0.4, 0.5) is 0 Å². The second-order valence-electron chi connectivity index (χ2n) is 3.62. The number of thioether (sulfide) groups is 1. The lowest BCUT2D eigenvalue weighted by molar-refractivity contribution is 0.213. The molecule has 1 aromatic heterocycles. The summed E-state index contributed by atoms with van der Waals surface area (Å²) in [7, 11) is 0. The van der Waals surface area contributed by atoms with Crippen molar-refractivity contribution in [2.24, 2.45) is 4.99 Å². The molecule has 3 rings (SSSR count). The molecule has 1 aliphatic heterocycles. The highest BCUT2D eigenvalue weighted by molar-refractivity contribution is 8.14. The Morgan fingerprint density at radius 3 is 2.88 bits per heavy atom. The molecule has 1 aliphatic rings. The molecule has 16 heavy (non-hydrogen) atoms. The summed E-state index contributed by atoms with van der Waals surface area (Å²) in [5, 5.41) is 11.3. The molecule has 0 amide bonds. The van der Waals surface area contributed by atoms with Crippen molar-refractivity contribution in [3.05, 3.63) is 42.1 Å². The number of aliphatic imine (C=N–C) groups is 1. The first-order chi connectivity index (χ1) is 7.83. The van der Waals surface area contributed by atoms with E-state index in [1.165, 1.54) is 0 Å². The van der Waals surface area contributed by atoms with Crippen LogP contribution in [0.2, 0.25) is 0 Å². The van der Waals surface area contributed by atoms with Crippen molar-refractivity contribution in [3.63, 3.8) is 0 Å². The van der Waals surface area contributed by atoms with E-state index in [9.17, 15) is 5.11 Å². The zero-order valence-electron chi connectivity index (χ0n) is 8.50. The minimum Gasteiger partial charge on any atom is -0.371 e. The number of rotatable bonds is 1. The fourth-order valence-electron chi connectivity index (χ4n) is 1.69. The van der Waals surface area contributed by atoms with E-state index < -0.39 is 6.23 Å². The van der Waals surface area contributed by atoms with Crippen LogP contribution < -0.4 is 0 Å². The fourth-order valence-corrected chi connectivity index (χ4v) is 2.53. The first-order valence-corrected chi connectivity index (χ1v) is 6.06. The van der Waals surface area contributed by atoms with Gasteiger partial charge in [-0.1, -0.05) is 36.0 Å². The van der Waals surface area contributed by atoms with E-state index in [0.717, 1.165) is 21.6 Å². The van der Waals surface area contributed by atoms with Crippen molar-refractivity contribution in [1.82, 2.24) is 4.98 Å². The molecule has 2 heterocycles. The van der Waals surface area contributed by atoms with Crippen molar-refractivity contribution in [2.45, 2.75) is 6.23 Å². The molecule has 0 bridgehead atoms. The molecule has 2 aromatic rings. The summed E-state index contributed by atoms with van der Waals surface area (Å²) in [6, 6.07) is 12.0. The van der Waals surface area contributed by atoms with Gasteiger partial charge in [0.05, 0.1) is 11.2 Å². The highest BCUT2D eigenvalue weighted by Crippen LogP contribution is 2.22. The normalized spacial score (nSPS) is 20.1. The van der Waals surface area contributed by atoms with Crippen LogP contribution in [0.3, 0.4) is 0 Å². The Balaban J connectivity index is 2.09. The van der Waals surface area contributed by atoms with Crippen LogP contribution in [0, 0.1) is 0 Å². The largest absolute Gasteiger partial charge is 0.371 e. The Labute approximate surface area is 97.2 Å². The summed E-state index contributed by atoms with van der Waals surface area (Å²) in [5.41, 5.74) is 1.81. The first kappa shape index (κ1) is 9.81. The second-order valence-corrected chi connectivity index (χ2v) is 4.62. The van der Waals surface area contributed by atoms with Gasteiger partial charge < -0.3 is 5.11 Å². The average Bonchev–Trinajstić information content (AvgIpc) is 2.75. The summed E-state index contributed by atoms with van der Waals surface area (Å²) in [5.74, 6) is 0.629. The molecule has 0 saturated heterocycles. The van der Waals surface area contributed by atoms with E-state index in [1.807, 2.05) is 36.4 Å². The predicted octanol–water partition coefficient (Wildman–Crippen LogP) is 2.05. The zero-order valence-corrected chi connectivity index (χ0v) is 9.31. The number of fused-ring (bicyclic) bond motifs is 1. The lowest BCUT2D eigenvalue weighted by Crippen LogP contribution is -1.99. The Kier molecular flexibility index (Phi) is 2.38. The number of para-hydroxylation sites is 1. The van der Waals surface area contributed by atoms with Crippen LogP contribution in [-0.2, 0) is 0 Å². The van der Waals surface area contributed by atoms with Gasteiger partial charge in [0.25, 0.3) is 0 Å². The third-order valence-electron chi connectivity index (χ3n) is 2.45. The molecular weight excluding hydrogens is 220 g/mol.